The minimum atomic E-state index is -2.67. The second-order valence-corrected chi connectivity index (χ2v) is 2.63. The first kappa shape index (κ1) is 10.6. The van der Waals surface area contributed by atoms with Crippen molar-refractivity contribution >= 4 is 5.82 Å². The first-order valence-electron chi connectivity index (χ1n) is 3.91. The second kappa shape index (κ2) is 4.19. The summed E-state index contributed by atoms with van der Waals surface area (Å²) >= 11 is 0. The van der Waals surface area contributed by atoms with Gasteiger partial charge in [0.05, 0.1) is 12.7 Å². The number of hydrogen-bond donors (Lipinski definition) is 2. The molecular formula is C8H11F2N3O. The number of ether oxygens (including phenoxy) is 1. The minimum absolute atomic E-state index is 0.0250. The van der Waals surface area contributed by atoms with Crippen LogP contribution in [0.4, 0.5) is 14.6 Å². The highest BCUT2D eigenvalue weighted by atomic mass is 19.3. The molecule has 0 amide bonds. The average Bonchev–Trinajstić information content (AvgIpc) is 2.15. The molecule has 0 saturated carbocycles. The third-order valence-corrected chi connectivity index (χ3v) is 1.80. The number of methoxy groups -OCH3 is 1. The molecular weight excluding hydrogens is 192 g/mol. The smallest absolute Gasteiger partial charge is 0.267 e. The monoisotopic (exact) mass is 203 g/mol. The van der Waals surface area contributed by atoms with E-state index < -0.39 is 6.43 Å². The summed E-state index contributed by atoms with van der Waals surface area (Å²) in [5, 5.41) is 0. The maximum Gasteiger partial charge on any atom is 0.267 e. The van der Waals surface area contributed by atoms with E-state index in [-0.39, 0.29) is 29.4 Å². The van der Waals surface area contributed by atoms with Crippen molar-refractivity contribution in [1.29, 1.82) is 0 Å². The molecule has 0 atom stereocenters. The molecule has 0 aliphatic rings. The number of aromatic nitrogens is 1. The van der Waals surface area contributed by atoms with Crippen LogP contribution in [-0.2, 0) is 6.54 Å². The fourth-order valence-corrected chi connectivity index (χ4v) is 1.13. The lowest BCUT2D eigenvalue weighted by Gasteiger charge is -2.10. The molecule has 0 aliphatic heterocycles. The van der Waals surface area contributed by atoms with Crippen molar-refractivity contribution in [3.8, 4) is 5.88 Å². The molecule has 0 saturated heterocycles. The van der Waals surface area contributed by atoms with E-state index in [9.17, 15) is 8.78 Å². The van der Waals surface area contributed by atoms with Gasteiger partial charge in [-0.1, -0.05) is 0 Å². The maximum absolute atomic E-state index is 12.5. The number of nitrogens with zero attached hydrogens (tertiary/aromatic N) is 1. The number of hydrogen-bond acceptors (Lipinski definition) is 4. The zero-order valence-corrected chi connectivity index (χ0v) is 7.63. The van der Waals surface area contributed by atoms with Crippen molar-refractivity contribution in [2.45, 2.75) is 13.0 Å². The van der Waals surface area contributed by atoms with Gasteiger partial charge < -0.3 is 16.2 Å². The standard InChI is InChI=1S/C8H11F2N3O/c1-14-5-2-4(3-11)6(7(9)10)8(12)13-5/h2,7H,3,11H2,1H3,(H2,12,13). The molecule has 4 nitrogen and oxygen atoms in total. The topological polar surface area (TPSA) is 74.2 Å². The van der Waals surface area contributed by atoms with Gasteiger partial charge in [-0.3, -0.25) is 0 Å². The lowest BCUT2D eigenvalue weighted by molar-refractivity contribution is 0.150. The normalized spacial score (nSPS) is 10.6. The SMILES string of the molecule is COc1cc(CN)c(C(F)F)c(N)n1. The summed E-state index contributed by atoms with van der Waals surface area (Å²) < 4.78 is 29.8. The second-order valence-electron chi connectivity index (χ2n) is 2.63. The van der Waals surface area contributed by atoms with Crippen LogP contribution in [0, 0.1) is 0 Å². The Kier molecular flexibility index (Phi) is 3.19. The molecule has 1 heterocycles. The van der Waals surface area contributed by atoms with E-state index in [1.54, 1.807) is 0 Å². The zero-order valence-electron chi connectivity index (χ0n) is 7.63. The Balaban J connectivity index is 3.27. The Morgan fingerprint density at radius 3 is 2.64 bits per heavy atom. The van der Waals surface area contributed by atoms with Gasteiger partial charge in [0.25, 0.3) is 6.43 Å². The Morgan fingerprint density at radius 2 is 2.21 bits per heavy atom. The summed E-state index contributed by atoms with van der Waals surface area (Å²) in [5.74, 6) is -0.0489. The molecule has 6 heteroatoms. The van der Waals surface area contributed by atoms with E-state index in [1.807, 2.05) is 0 Å². The molecule has 0 aliphatic carbocycles. The van der Waals surface area contributed by atoms with Crippen LogP contribution in [0.1, 0.15) is 17.6 Å². The zero-order chi connectivity index (χ0) is 10.7. The quantitative estimate of drug-likeness (QED) is 0.770. The van der Waals surface area contributed by atoms with Crippen LogP contribution in [0.15, 0.2) is 6.07 Å². The van der Waals surface area contributed by atoms with Gasteiger partial charge >= 0.3 is 0 Å². The Labute approximate surface area is 79.9 Å². The fourth-order valence-electron chi connectivity index (χ4n) is 1.13. The molecule has 1 aromatic heterocycles. The summed E-state index contributed by atoms with van der Waals surface area (Å²) in [5.41, 5.74) is 10.6. The van der Waals surface area contributed by atoms with Crippen LogP contribution >= 0.6 is 0 Å². The highest BCUT2D eigenvalue weighted by Crippen LogP contribution is 2.29. The molecule has 0 radical (unpaired) electrons. The van der Waals surface area contributed by atoms with Gasteiger partial charge in [-0.2, -0.15) is 4.98 Å². The lowest BCUT2D eigenvalue weighted by atomic mass is 10.1. The Bertz CT molecular complexity index is 331. The highest BCUT2D eigenvalue weighted by Gasteiger charge is 2.18. The van der Waals surface area contributed by atoms with Crippen LogP contribution in [0.5, 0.6) is 5.88 Å². The number of pyridine rings is 1. The summed E-state index contributed by atoms with van der Waals surface area (Å²) in [6.45, 7) is -0.0250. The molecule has 14 heavy (non-hydrogen) atoms. The van der Waals surface area contributed by atoms with Gasteiger partial charge in [-0.15, -0.1) is 0 Å². The van der Waals surface area contributed by atoms with E-state index in [0.717, 1.165) is 0 Å². The van der Waals surface area contributed by atoms with Crippen LogP contribution in [0.25, 0.3) is 0 Å². The Hall–Kier alpha value is -1.43. The summed E-state index contributed by atoms with van der Waals surface area (Å²) in [4.78, 5) is 3.64. The molecule has 0 aromatic carbocycles. The highest BCUT2D eigenvalue weighted by molar-refractivity contribution is 5.48. The number of rotatable bonds is 3. The third kappa shape index (κ3) is 1.90. The largest absolute Gasteiger partial charge is 0.481 e. The van der Waals surface area contributed by atoms with Crippen molar-refractivity contribution in [2.75, 3.05) is 12.8 Å². The van der Waals surface area contributed by atoms with Gasteiger partial charge in [0.15, 0.2) is 0 Å². The number of anilines is 1. The lowest BCUT2D eigenvalue weighted by Crippen LogP contribution is -2.08. The van der Waals surface area contributed by atoms with Crippen LogP contribution in [0.2, 0.25) is 0 Å². The number of nitrogen functional groups attached to an aromatic ring is 1. The van der Waals surface area contributed by atoms with E-state index in [0.29, 0.717) is 0 Å². The van der Waals surface area contributed by atoms with E-state index in [2.05, 4.69) is 4.98 Å². The van der Waals surface area contributed by atoms with Gasteiger partial charge in [0.1, 0.15) is 5.82 Å². The first-order chi connectivity index (χ1) is 6.60. The summed E-state index contributed by atoms with van der Waals surface area (Å²) in [6.07, 6.45) is -2.67. The average molecular weight is 203 g/mol. The van der Waals surface area contributed by atoms with Gasteiger partial charge in [-0.25, -0.2) is 8.78 Å². The van der Waals surface area contributed by atoms with Gasteiger partial charge in [-0.05, 0) is 5.56 Å². The molecule has 0 bridgehead atoms. The number of alkyl halides is 2. The van der Waals surface area contributed by atoms with Crippen LogP contribution in [0.3, 0.4) is 0 Å². The summed E-state index contributed by atoms with van der Waals surface area (Å²) in [7, 11) is 1.38. The van der Waals surface area contributed by atoms with Gasteiger partial charge in [0.2, 0.25) is 5.88 Å². The van der Waals surface area contributed by atoms with Crippen molar-refractivity contribution in [3.05, 3.63) is 17.2 Å². The maximum atomic E-state index is 12.5. The third-order valence-electron chi connectivity index (χ3n) is 1.80. The van der Waals surface area contributed by atoms with Crippen LogP contribution in [-0.4, -0.2) is 12.1 Å². The number of halogens is 2. The van der Waals surface area contributed by atoms with Crippen molar-refractivity contribution < 1.29 is 13.5 Å². The minimum Gasteiger partial charge on any atom is -0.481 e. The molecule has 1 aromatic rings. The predicted molar refractivity (Wildman–Crippen MR) is 48.0 cm³/mol. The van der Waals surface area contributed by atoms with Crippen molar-refractivity contribution in [3.63, 3.8) is 0 Å². The molecule has 78 valence electrons. The molecule has 0 fully saturated rings. The molecule has 0 unspecified atom stereocenters. The summed E-state index contributed by atoms with van der Waals surface area (Å²) in [6, 6.07) is 1.36. The van der Waals surface area contributed by atoms with Crippen molar-refractivity contribution in [2.24, 2.45) is 5.73 Å². The van der Waals surface area contributed by atoms with Gasteiger partial charge in [0, 0.05) is 12.6 Å². The number of nitrogens with two attached hydrogens (primary N) is 2. The first-order valence-corrected chi connectivity index (χ1v) is 3.91. The van der Waals surface area contributed by atoms with E-state index in [4.69, 9.17) is 16.2 Å². The van der Waals surface area contributed by atoms with Crippen molar-refractivity contribution in [1.82, 2.24) is 4.98 Å². The molecule has 1 rings (SSSR count). The predicted octanol–water partition coefficient (Wildman–Crippen LogP) is 1.07. The Morgan fingerprint density at radius 1 is 1.57 bits per heavy atom. The van der Waals surface area contributed by atoms with E-state index in [1.165, 1.54) is 13.2 Å². The molecule has 0 spiro atoms. The van der Waals surface area contributed by atoms with E-state index >= 15 is 0 Å². The van der Waals surface area contributed by atoms with Crippen LogP contribution < -0.4 is 16.2 Å². The molecule has 4 N–H and O–H groups in total. The fraction of sp³-hybridized carbons (Fsp3) is 0.375.